The Morgan fingerprint density at radius 1 is 1.32 bits per heavy atom. The van der Waals surface area contributed by atoms with Gasteiger partial charge in [0.1, 0.15) is 12.4 Å². The Balaban J connectivity index is 1.86. The number of hydrogen-bond acceptors (Lipinski definition) is 5. The minimum Gasteiger partial charge on any atom is -0.371 e. The van der Waals surface area contributed by atoms with E-state index in [4.69, 9.17) is 0 Å². The van der Waals surface area contributed by atoms with E-state index >= 15 is 0 Å². The van der Waals surface area contributed by atoms with Gasteiger partial charge in [-0.3, -0.25) is 14.9 Å². The Bertz CT molecular complexity index is 952. The molecule has 0 unspecified atom stereocenters. The summed E-state index contributed by atoms with van der Waals surface area (Å²) in [6, 6.07) is 4.16. The molecule has 0 radical (unpaired) electrons. The number of nitro benzene ring substituents is 1. The smallest absolute Gasteiger partial charge is 0.371 e. The zero-order chi connectivity index (χ0) is 22.8. The van der Waals surface area contributed by atoms with E-state index in [2.05, 4.69) is 11.9 Å². The Kier molecular flexibility index (Phi) is 6.51. The lowest BCUT2D eigenvalue weighted by Gasteiger charge is -2.33. The molecule has 0 saturated carbocycles. The lowest BCUT2D eigenvalue weighted by Crippen LogP contribution is -2.35. The molecule has 0 atom stereocenters. The first-order chi connectivity index (χ1) is 14.5. The van der Waals surface area contributed by atoms with Crippen LogP contribution in [0.2, 0.25) is 0 Å². The molecule has 2 heterocycles. The Hall–Kier alpha value is -3.11. The number of benzene rings is 1. The monoisotopic (exact) mass is 439 g/mol. The van der Waals surface area contributed by atoms with Crippen LogP contribution in [0, 0.1) is 16.0 Å². The summed E-state index contributed by atoms with van der Waals surface area (Å²) in [4.78, 5) is 31.1. The maximum absolute atomic E-state index is 13.2. The van der Waals surface area contributed by atoms with Crippen LogP contribution in [0.1, 0.15) is 35.9 Å². The maximum Gasteiger partial charge on any atom is 0.406 e. The van der Waals surface area contributed by atoms with Crippen LogP contribution in [0.5, 0.6) is 0 Å². The standard InChI is InChI=1S/C20H24F3N5O3/c1-14-5-8-26(9-6-14)17-4-3-15(28(30)31)11-16(17)19(29)25(2)12-18-24-7-10-27(18)13-20(21,22)23/h3-4,7,10-11,14H,5-6,8-9,12-13H2,1-2H3. The molecule has 0 N–H and O–H groups in total. The summed E-state index contributed by atoms with van der Waals surface area (Å²) in [5.41, 5.74) is 0.526. The number of hydrogen-bond donors (Lipinski definition) is 0. The first kappa shape index (κ1) is 22.6. The van der Waals surface area contributed by atoms with Crippen LogP contribution in [0.4, 0.5) is 24.5 Å². The largest absolute Gasteiger partial charge is 0.406 e. The Morgan fingerprint density at radius 3 is 2.61 bits per heavy atom. The number of rotatable bonds is 6. The molecule has 1 aliphatic rings. The van der Waals surface area contributed by atoms with Gasteiger partial charge in [-0.2, -0.15) is 13.2 Å². The second-order valence-electron chi connectivity index (χ2n) is 7.88. The highest BCUT2D eigenvalue weighted by Gasteiger charge is 2.30. The number of non-ortho nitro benzene ring substituents is 1. The van der Waals surface area contributed by atoms with Crippen molar-refractivity contribution in [2.24, 2.45) is 5.92 Å². The van der Waals surface area contributed by atoms with E-state index in [9.17, 15) is 28.1 Å². The molecule has 0 spiro atoms. The normalized spacial score (nSPS) is 15.2. The van der Waals surface area contributed by atoms with Crippen molar-refractivity contribution in [3.8, 4) is 0 Å². The molecule has 0 bridgehead atoms. The van der Waals surface area contributed by atoms with Crippen molar-refractivity contribution in [2.75, 3.05) is 25.0 Å². The van der Waals surface area contributed by atoms with Gasteiger partial charge in [0.05, 0.1) is 22.7 Å². The number of anilines is 1. The average Bonchev–Trinajstić information content (AvgIpc) is 3.12. The van der Waals surface area contributed by atoms with Crippen molar-refractivity contribution in [1.29, 1.82) is 0 Å². The van der Waals surface area contributed by atoms with E-state index in [-0.39, 0.29) is 23.6 Å². The molecule has 1 amide bonds. The van der Waals surface area contributed by atoms with Crippen molar-refractivity contribution in [3.05, 3.63) is 52.1 Å². The number of amides is 1. The number of carbonyl (C=O) groups excluding carboxylic acids is 1. The third-order valence-electron chi connectivity index (χ3n) is 5.42. The first-order valence-electron chi connectivity index (χ1n) is 9.91. The molecule has 8 nitrogen and oxygen atoms in total. The predicted octanol–water partition coefficient (Wildman–Crippen LogP) is 3.86. The summed E-state index contributed by atoms with van der Waals surface area (Å²) in [5.74, 6) is 0.120. The van der Waals surface area contributed by atoms with E-state index < -0.39 is 23.6 Å². The summed E-state index contributed by atoms with van der Waals surface area (Å²) in [5, 5.41) is 11.3. The fourth-order valence-corrected chi connectivity index (χ4v) is 3.65. The third kappa shape index (κ3) is 5.53. The predicted molar refractivity (Wildman–Crippen MR) is 108 cm³/mol. The number of alkyl halides is 3. The van der Waals surface area contributed by atoms with Crippen LogP contribution >= 0.6 is 0 Å². The average molecular weight is 439 g/mol. The topological polar surface area (TPSA) is 84.5 Å². The molecule has 1 saturated heterocycles. The molecule has 11 heteroatoms. The molecular weight excluding hydrogens is 415 g/mol. The van der Waals surface area contributed by atoms with Crippen LogP contribution in [-0.2, 0) is 13.1 Å². The minimum atomic E-state index is -4.42. The molecule has 3 rings (SSSR count). The molecule has 1 aromatic carbocycles. The van der Waals surface area contributed by atoms with Gasteiger partial charge in [0.2, 0.25) is 0 Å². The highest BCUT2D eigenvalue weighted by Crippen LogP contribution is 2.30. The Labute approximate surface area is 177 Å². The summed E-state index contributed by atoms with van der Waals surface area (Å²) in [7, 11) is 1.44. The number of imidazole rings is 1. The number of nitro groups is 1. The van der Waals surface area contributed by atoms with Crippen LogP contribution in [0.3, 0.4) is 0 Å². The van der Waals surface area contributed by atoms with Gasteiger partial charge in [-0.1, -0.05) is 6.92 Å². The van der Waals surface area contributed by atoms with E-state index in [0.29, 0.717) is 11.6 Å². The number of aromatic nitrogens is 2. The van der Waals surface area contributed by atoms with Gasteiger partial charge in [-0.05, 0) is 24.8 Å². The molecule has 2 aromatic rings. The molecular formula is C20H24F3N5O3. The molecule has 1 fully saturated rings. The van der Waals surface area contributed by atoms with Gasteiger partial charge in [-0.15, -0.1) is 0 Å². The summed E-state index contributed by atoms with van der Waals surface area (Å²) in [6.07, 6.45) is -0.0940. The van der Waals surface area contributed by atoms with Crippen molar-refractivity contribution >= 4 is 17.3 Å². The second-order valence-corrected chi connectivity index (χ2v) is 7.88. The summed E-state index contributed by atoms with van der Waals surface area (Å²) in [6.45, 7) is 2.22. The van der Waals surface area contributed by atoms with E-state index in [1.807, 2.05) is 4.90 Å². The number of nitrogens with zero attached hydrogens (tertiary/aromatic N) is 5. The number of piperidine rings is 1. The van der Waals surface area contributed by atoms with Crippen molar-refractivity contribution in [2.45, 2.75) is 39.0 Å². The van der Waals surface area contributed by atoms with Crippen molar-refractivity contribution < 1.29 is 22.9 Å². The second kappa shape index (κ2) is 8.94. The van der Waals surface area contributed by atoms with Crippen molar-refractivity contribution in [3.63, 3.8) is 0 Å². The summed E-state index contributed by atoms with van der Waals surface area (Å²) < 4.78 is 39.2. The van der Waals surface area contributed by atoms with Crippen molar-refractivity contribution in [1.82, 2.24) is 14.5 Å². The fraction of sp³-hybridized carbons (Fsp3) is 0.500. The van der Waals surface area contributed by atoms with E-state index in [0.717, 1.165) is 30.5 Å². The van der Waals surface area contributed by atoms with Gasteiger partial charge in [0.25, 0.3) is 11.6 Å². The maximum atomic E-state index is 13.2. The zero-order valence-electron chi connectivity index (χ0n) is 17.3. The Morgan fingerprint density at radius 2 is 2.00 bits per heavy atom. The minimum absolute atomic E-state index is 0.0759. The first-order valence-corrected chi connectivity index (χ1v) is 9.91. The molecule has 31 heavy (non-hydrogen) atoms. The van der Waals surface area contributed by atoms with E-state index in [1.165, 1.54) is 36.5 Å². The van der Waals surface area contributed by atoms with Crippen LogP contribution in [-0.4, -0.2) is 51.6 Å². The molecule has 168 valence electrons. The van der Waals surface area contributed by atoms with Gasteiger partial charge in [0, 0.05) is 44.7 Å². The van der Waals surface area contributed by atoms with E-state index in [1.54, 1.807) is 6.07 Å². The number of carbonyl (C=O) groups is 1. The van der Waals surface area contributed by atoms with Crippen LogP contribution < -0.4 is 4.90 Å². The third-order valence-corrected chi connectivity index (χ3v) is 5.42. The van der Waals surface area contributed by atoms with Gasteiger partial charge >= 0.3 is 6.18 Å². The van der Waals surface area contributed by atoms with Gasteiger partial charge in [-0.25, -0.2) is 4.98 Å². The SMILES string of the molecule is CC1CCN(c2ccc([N+](=O)[O-])cc2C(=O)N(C)Cc2nccn2CC(F)(F)F)CC1. The summed E-state index contributed by atoms with van der Waals surface area (Å²) >= 11 is 0. The van der Waals surface area contributed by atoms with Crippen LogP contribution in [0.25, 0.3) is 0 Å². The highest BCUT2D eigenvalue weighted by atomic mass is 19.4. The molecule has 0 aliphatic carbocycles. The molecule has 1 aliphatic heterocycles. The molecule has 1 aromatic heterocycles. The number of halogens is 3. The lowest BCUT2D eigenvalue weighted by molar-refractivity contribution is -0.384. The zero-order valence-corrected chi connectivity index (χ0v) is 17.3. The van der Waals surface area contributed by atoms with Gasteiger partial charge in [0.15, 0.2) is 0 Å². The highest BCUT2D eigenvalue weighted by molar-refractivity contribution is 6.00. The quantitative estimate of drug-likeness (QED) is 0.504. The fourth-order valence-electron chi connectivity index (χ4n) is 3.65. The van der Waals surface area contributed by atoms with Crippen LogP contribution in [0.15, 0.2) is 30.6 Å². The van der Waals surface area contributed by atoms with Gasteiger partial charge < -0.3 is 14.4 Å². The lowest BCUT2D eigenvalue weighted by atomic mass is 9.97.